The van der Waals surface area contributed by atoms with Crippen molar-refractivity contribution in [3.63, 3.8) is 0 Å². The monoisotopic (exact) mass is 300 g/mol. The molecule has 1 heterocycles. The Bertz CT molecular complexity index is 479. The van der Waals surface area contributed by atoms with E-state index in [2.05, 4.69) is 26.3 Å². The van der Waals surface area contributed by atoms with Gasteiger partial charge in [0.2, 0.25) is 0 Å². The molecule has 3 nitrogen and oxygen atoms in total. The molecule has 1 aliphatic rings. The van der Waals surface area contributed by atoms with Crippen LogP contribution >= 0.6 is 0 Å². The van der Waals surface area contributed by atoms with Crippen molar-refractivity contribution in [3.8, 4) is 0 Å². The molecular formula is C19H24O3. The van der Waals surface area contributed by atoms with Gasteiger partial charge in [0.25, 0.3) is 0 Å². The lowest BCUT2D eigenvalue weighted by molar-refractivity contribution is -0.139. The van der Waals surface area contributed by atoms with Crippen LogP contribution in [0.15, 0.2) is 74.4 Å². The van der Waals surface area contributed by atoms with Gasteiger partial charge < -0.3 is 9.47 Å². The van der Waals surface area contributed by atoms with Crippen molar-refractivity contribution >= 4 is 12.0 Å². The molecule has 0 radical (unpaired) electrons. The molecule has 0 aliphatic carbocycles. The largest absolute Gasteiger partial charge is 0.459 e. The maximum Gasteiger partial charge on any atom is 0.333 e. The van der Waals surface area contributed by atoms with E-state index < -0.39 is 0 Å². The van der Waals surface area contributed by atoms with Crippen molar-refractivity contribution in [2.24, 2.45) is 0 Å². The van der Waals surface area contributed by atoms with E-state index in [1.807, 2.05) is 36.4 Å². The summed E-state index contributed by atoms with van der Waals surface area (Å²) in [5, 5.41) is 0. The summed E-state index contributed by atoms with van der Waals surface area (Å²) in [5.41, 5.74) is 1.60. The Labute approximate surface area is 133 Å². The van der Waals surface area contributed by atoms with Crippen LogP contribution in [0.5, 0.6) is 0 Å². The van der Waals surface area contributed by atoms with E-state index in [0.717, 1.165) is 0 Å². The second-order valence-electron chi connectivity index (χ2n) is 4.42. The zero-order valence-corrected chi connectivity index (χ0v) is 13.2. The molecule has 1 aromatic rings. The van der Waals surface area contributed by atoms with E-state index in [1.165, 1.54) is 5.56 Å². The van der Waals surface area contributed by atoms with Gasteiger partial charge in [-0.05, 0) is 12.5 Å². The highest BCUT2D eigenvalue weighted by molar-refractivity contribution is 5.86. The Hall–Kier alpha value is -2.39. The van der Waals surface area contributed by atoms with Crippen LogP contribution in [-0.4, -0.2) is 25.3 Å². The molecular weight excluding hydrogens is 276 g/mol. The second kappa shape index (κ2) is 12.4. The highest BCUT2D eigenvalue weighted by Crippen LogP contribution is 2.09. The van der Waals surface area contributed by atoms with E-state index in [0.29, 0.717) is 18.8 Å². The van der Waals surface area contributed by atoms with Crippen LogP contribution in [0.25, 0.3) is 6.08 Å². The molecule has 1 fully saturated rings. The Kier molecular flexibility index (Phi) is 11.0. The molecule has 2 rings (SSSR count). The third-order valence-corrected chi connectivity index (χ3v) is 2.35. The van der Waals surface area contributed by atoms with Gasteiger partial charge in [0, 0.05) is 5.57 Å². The number of rotatable bonds is 5. The van der Waals surface area contributed by atoms with Gasteiger partial charge in [0.05, 0.1) is 6.61 Å². The first kappa shape index (κ1) is 19.6. The molecule has 0 bridgehead atoms. The van der Waals surface area contributed by atoms with Crippen molar-refractivity contribution in [2.45, 2.75) is 13.0 Å². The molecule has 1 aliphatic heterocycles. The standard InChI is InChI=1S/C8H8.C7H10O3.C4H6/c1-2-8-6-4-3-5-7-8;1-5(2)7(8)10-4-6-3-9-6;1-3-4-2/h2-7H,1H2;6H,1,3-4H2,2H3;3-4H,1-2H2. The Morgan fingerprint density at radius 2 is 1.82 bits per heavy atom. The highest BCUT2D eigenvalue weighted by atomic mass is 16.6. The van der Waals surface area contributed by atoms with Gasteiger partial charge in [-0.3, -0.25) is 0 Å². The topological polar surface area (TPSA) is 38.8 Å². The summed E-state index contributed by atoms with van der Waals surface area (Å²) in [7, 11) is 0. The van der Waals surface area contributed by atoms with E-state index in [9.17, 15) is 4.79 Å². The second-order valence-corrected chi connectivity index (χ2v) is 4.42. The number of carbonyl (C=O) groups excluding carboxylic acids is 1. The number of hydrogen-bond donors (Lipinski definition) is 0. The summed E-state index contributed by atoms with van der Waals surface area (Å²) in [6.45, 7) is 16.5. The lowest BCUT2D eigenvalue weighted by Gasteiger charge is -1.99. The number of ether oxygens (including phenoxy) is 2. The highest BCUT2D eigenvalue weighted by Gasteiger charge is 2.24. The van der Waals surface area contributed by atoms with Crippen molar-refractivity contribution in [2.75, 3.05) is 13.2 Å². The van der Waals surface area contributed by atoms with E-state index in [1.54, 1.807) is 19.1 Å². The zero-order chi connectivity index (χ0) is 16.8. The van der Waals surface area contributed by atoms with Gasteiger partial charge in [0.1, 0.15) is 12.7 Å². The molecule has 0 aromatic heterocycles. The average Bonchev–Trinajstić information content (AvgIpc) is 3.38. The average molecular weight is 300 g/mol. The minimum Gasteiger partial charge on any atom is -0.459 e. The molecule has 22 heavy (non-hydrogen) atoms. The van der Waals surface area contributed by atoms with E-state index in [4.69, 9.17) is 9.47 Å². The molecule has 1 aromatic carbocycles. The Balaban J connectivity index is 0.000000330. The van der Waals surface area contributed by atoms with Crippen LogP contribution in [-0.2, 0) is 14.3 Å². The van der Waals surface area contributed by atoms with Crippen LogP contribution in [0.1, 0.15) is 12.5 Å². The number of epoxide rings is 1. The van der Waals surface area contributed by atoms with Gasteiger partial charge >= 0.3 is 5.97 Å². The van der Waals surface area contributed by atoms with Gasteiger partial charge in [-0.25, -0.2) is 4.79 Å². The third kappa shape index (κ3) is 11.4. The number of esters is 1. The molecule has 0 saturated carbocycles. The van der Waals surface area contributed by atoms with E-state index >= 15 is 0 Å². The van der Waals surface area contributed by atoms with Crippen LogP contribution in [0.3, 0.4) is 0 Å². The van der Waals surface area contributed by atoms with Crippen molar-refractivity contribution in [1.29, 1.82) is 0 Å². The fourth-order valence-electron chi connectivity index (χ4n) is 1.05. The molecule has 3 heteroatoms. The fraction of sp³-hybridized carbons (Fsp3) is 0.211. The zero-order valence-electron chi connectivity index (χ0n) is 13.2. The minimum atomic E-state index is -0.337. The van der Waals surface area contributed by atoms with Gasteiger partial charge in [-0.1, -0.05) is 74.9 Å². The SMILES string of the molecule is C=C(C)C(=O)OCC1CO1.C=CC=C.C=Cc1ccccc1. The first-order chi connectivity index (χ1) is 10.5. The summed E-state index contributed by atoms with van der Waals surface area (Å²) in [4.78, 5) is 10.7. The maximum atomic E-state index is 10.7. The normalized spacial score (nSPS) is 14.0. The third-order valence-electron chi connectivity index (χ3n) is 2.35. The fourth-order valence-corrected chi connectivity index (χ4v) is 1.05. The van der Waals surface area contributed by atoms with Crippen LogP contribution < -0.4 is 0 Å². The van der Waals surface area contributed by atoms with Gasteiger partial charge in [-0.2, -0.15) is 0 Å². The number of allylic oxidation sites excluding steroid dienone is 2. The number of hydrogen-bond acceptors (Lipinski definition) is 3. The summed E-state index contributed by atoms with van der Waals surface area (Å²) >= 11 is 0. The summed E-state index contributed by atoms with van der Waals surface area (Å²) in [6, 6.07) is 10.0. The predicted octanol–water partition coefficient (Wildman–Crippen LogP) is 4.19. The van der Waals surface area contributed by atoms with E-state index in [-0.39, 0.29) is 12.1 Å². The van der Waals surface area contributed by atoms with Crippen molar-refractivity contribution in [3.05, 3.63) is 79.9 Å². The smallest absolute Gasteiger partial charge is 0.333 e. The summed E-state index contributed by atoms with van der Waals surface area (Å²) in [6.07, 6.45) is 5.25. The van der Waals surface area contributed by atoms with Gasteiger partial charge in [0.15, 0.2) is 0 Å². The molecule has 0 spiro atoms. The molecule has 0 N–H and O–H groups in total. The van der Waals surface area contributed by atoms with Crippen LogP contribution in [0.4, 0.5) is 0 Å². The molecule has 1 saturated heterocycles. The first-order valence-corrected chi connectivity index (χ1v) is 6.90. The molecule has 1 atom stereocenters. The van der Waals surface area contributed by atoms with Gasteiger partial charge in [-0.15, -0.1) is 0 Å². The van der Waals surface area contributed by atoms with Crippen LogP contribution in [0, 0.1) is 0 Å². The number of benzene rings is 1. The maximum absolute atomic E-state index is 10.7. The molecule has 0 amide bonds. The van der Waals surface area contributed by atoms with Crippen molar-refractivity contribution < 1.29 is 14.3 Å². The Morgan fingerprint density at radius 3 is 2.14 bits per heavy atom. The quantitative estimate of drug-likeness (QED) is 0.354. The minimum absolute atomic E-state index is 0.142. The lowest BCUT2D eigenvalue weighted by Crippen LogP contribution is -2.09. The summed E-state index contributed by atoms with van der Waals surface area (Å²) < 4.78 is 9.60. The van der Waals surface area contributed by atoms with Crippen LogP contribution in [0.2, 0.25) is 0 Å². The lowest BCUT2D eigenvalue weighted by atomic mass is 10.2. The molecule has 118 valence electrons. The predicted molar refractivity (Wildman–Crippen MR) is 92.4 cm³/mol. The molecule has 1 unspecified atom stereocenters. The first-order valence-electron chi connectivity index (χ1n) is 6.90. The van der Waals surface area contributed by atoms with Crippen molar-refractivity contribution in [1.82, 2.24) is 0 Å². The number of carbonyl (C=O) groups is 1. The Morgan fingerprint density at radius 1 is 1.27 bits per heavy atom. The summed E-state index contributed by atoms with van der Waals surface area (Å²) in [5.74, 6) is -0.337.